The summed E-state index contributed by atoms with van der Waals surface area (Å²) in [6.07, 6.45) is 6.55. The van der Waals surface area contributed by atoms with Gasteiger partial charge in [0.2, 0.25) is 0 Å². The molecule has 1 aromatic carbocycles. The van der Waals surface area contributed by atoms with Crippen molar-refractivity contribution < 1.29 is 0 Å². The molecule has 0 saturated heterocycles. The molecule has 6 heteroatoms. The highest BCUT2D eigenvalue weighted by Gasteiger charge is 2.15. The summed E-state index contributed by atoms with van der Waals surface area (Å²) < 4.78 is 1.54. The molecule has 27 heavy (non-hydrogen) atoms. The Morgan fingerprint density at radius 1 is 0.852 bits per heavy atom. The molecule has 4 aromatic rings. The van der Waals surface area contributed by atoms with Crippen molar-refractivity contribution in [1.82, 2.24) is 19.5 Å². The number of hydrogen-bond donors (Lipinski definition) is 0. The van der Waals surface area contributed by atoms with Gasteiger partial charge in [0.1, 0.15) is 6.20 Å². The molecule has 3 heterocycles. The third kappa shape index (κ3) is 3.10. The van der Waals surface area contributed by atoms with E-state index in [4.69, 9.17) is 6.57 Å². The van der Waals surface area contributed by atoms with Crippen LogP contribution in [-0.2, 0) is 0 Å². The molecular weight excluding hydrogens is 338 g/mol. The first kappa shape index (κ1) is 16.4. The van der Waals surface area contributed by atoms with Gasteiger partial charge in [0.25, 0.3) is 11.4 Å². The smallest absolute Gasteiger partial charge is 0.277 e. The summed E-state index contributed by atoms with van der Waals surface area (Å²) in [4.78, 5) is 29.3. The van der Waals surface area contributed by atoms with Gasteiger partial charge in [-0.1, -0.05) is 30.8 Å². The van der Waals surface area contributed by atoms with E-state index in [0.717, 1.165) is 5.69 Å². The maximum absolute atomic E-state index is 13.2. The van der Waals surface area contributed by atoms with Crippen molar-refractivity contribution in [3.63, 3.8) is 0 Å². The van der Waals surface area contributed by atoms with E-state index in [0.29, 0.717) is 22.5 Å². The minimum absolute atomic E-state index is 0.181. The lowest BCUT2D eigenvalue weighted by Crippen LogP contribution is -2.20. The highest BCUT2D eigenvalue weighted by Crippen LogP contribution is 2.28. The fourth-order valence-electron chi connectivity index (χ4n) is 2.82. The van der Waals surface area contributed by atoms with E-state index in [1.807, 2.05) is 30.3 Å². The number of benzene rings is 1. The Morgan fingerprint density at radius 3 is 2.33 bits per heavy atom. The third-order valence-electron chi connectivity index (χ3n) is 4.06. The summed E-state index contributed by atoms with van der Waals surface area (Å²) in [7, 11) is 0. The number of para-hydroxylation sites is 1. The van der Waals surface area contributed by atoms with Gasteiger partial charge < -0.3 is 4.85 Å². The molecule has 0 bridgehead atoms. The molecule has 0 aliphatic carbocycles. The minimum Gasteiger partial charge on any atom is -0.360 e. The second-order valence-electron chi connectivity index (χ2n) is 5.71. The summed E-state index contributed by atoms with van der Waals surface area (Å²) in [6, 6.07) is 16.2. The lowest BCUT2D eigenvalue weighted by Gasteiger charge is -2.12. The van der Waals surface area contributed by atoms with Crippen molar-refractivity contribution >= 4 is 5.82 Å². The highest BCUT2D eigenvalue weighted by molar-refractivity contribution is 5.78. The second-order valence-corrected chi connectivity index (χ2v) is 5.71. The molecule has 0 N–H and O–H groups in total. The Morgan fingerprint density at radius 2 is 1.59 bits per heavy atom. The van der Waals surface area contributed by atoms with E-state index in [-0.39, 0.29) is 11.4 Å². The molecule has 0 aliphatic heterocycles. The fraction of sp³-hybridized carbons (Fsp3) is 0. The van der Waals surface area contributed by atoms with Crippen LogP contribution >= 0.6 is 0 Å². The summed E-state index contributed by atoms with van der Waals surface area (Å²) in [5, 5.41) is 0. The van der Waals surface area contributed by atoms with Crippen LogP contribution in [-0.4, -0.2) is 19.5 Å². The topological polar surface area (TPSA) is 65.0 Å². The minimum atomic E-state index is -0.237. The van der Waals surface area contributed by atoms with Crippen LogP contribution in [0.15, 0.2) is 84.2 Å². The van der Waals surface area contributed by atoms with E-state index in [2.05, 4.69) is 19.8 Å². The van der Waals surface area contributed by atoms with Crippen LogP contribution in [0.3, 0.4) is 0 Å². The number of pyridine rings is 2. The van der Waals surface area contributed by atoms with Crippen LogP contribution < -0.4 is 5.56 Å². The Balaban J connectivity index is 2.04. The number of nitrogens with zero attached hydrogens (tertiary/aromatic N) is 5. The van der Waals surface area contributed by atoms with E-state index < -0.39 is 0 Å². The molecule has 0 radical (unpaired) electrons. The Labute approximate surface area is 155 Å². The zero-order valence-electron chi connectivity index (χ0n) is 14.1. The third-order valence-corrected chi connectivity index (χ3v) is 4.06. The SMILES string of the molecule is [C-]#[N+]c1ncccc1-c1cc(-c2ncccn2)cn(-c2ccccc2)c1=O. The molecule has 0 amide bonds. The van der Waals surface area contributed by atoms with Crippen molar-refractivity contribution in [2.45, 2.75) is 0 Å². The van der Waals surface area contributed by atoms with Gasteiger partial charge in [-0.05, 0) is 30.3 Å². The normalized spacial score (nSPS) is 10.3. The van der Waals surface area contributed by atoms with E-state index in [9.17, 15) is 4.79 Å². The molecule has 0 saturated carbocycles. The summed E-state index contributed by atoms with van der Waals surface area (Å²) in [5.41, 5.74) is 2.02. The summed E-state index contributed by atoms with van der Waals surface area (Å²) in [5.74, 6) is 0.678. The average molecular weight is 351 g/mol. The van der Waals surface area contributed by atoms with Gasteiger partial charge in [-0.3, -0.25) is 9.36 Å². The van der Waals surface area contributed by atoms with Crippen LogP contribution in [0.4, 0.5) is 5.82 Å². The lowest BCUT2D eigenvalue weighted by atomic mass is 10.1. The van der Waals surface area contributed by atoms with Crippen LogP contribution in [0.1, 0.15) is 0 Å². The Kier molecular flexibility index (Phi) is 4.25. The van der Waals surface area contributed by atoms with Gasteiger partial charge in [-0.15, -0.1) is 4.98 Å². The van der Waals surface area contributed by atoms with E-state index in [1.165, 1.54) is 6.20 Å². The Hall–Kier alpha value is -4.11. The van der Waals surface area contributed by atoms with E-state index in [1.54, 1.807) is 47.4 Å². The van der Waals surface area contributed by atoms with Gasteiger partial charge >= 0.3 is 0 Å². The van der Waals surface area contributed by atoms with Gasteiger partial charge in [0.15, 0.2) is 5.82 Å². The molecule has 0 unspecified atom stereocenters. The highest BCUT2D eigenvalue weighted by atomic mass is 16.1. The van der Waals surface area contributed by atoms with Gasteiger partial charge in [-0.25, -0.2) is 9.97 Å². The van der Waals surface area contributed by atoms with Crippen LogP contribution in [0.2, 0.25) is 0 Å². The van der Waals surface area contributed by atoms with Crippen molar-refractivity contribution in [2.75, 3.05) is 0 Å². The largest absolute Gasteiger partial charge is 0.360 e. The number of rotatable bonds is 3. The number of aromatic nitrogens is 4. The maximum atomic E-state index is 13.2. The molecular formula is C21H13N5O. The van der Waals surface area contributed by atoms with E-state index >= 15 is 0 Å². The lowest BCUT2D eigenvalue weighted by molar-refractivity contribution is 0.989. The maximum Gasteiger partial charge on any atom is 0.277 e. The second kappa shape index (κ2) is 7.02. The molecule has 0 spiro atoms. The van der Waals surface area contributed by atoms with Crippen molar-refractivity contribution in [2.24, 2.45) is 0 Å². The molecule has 4 rings (SSSR count). The predicted octanol–water partition coefficient (Wildman–Crippen LogP) is 3.91. The van der Waals surface area contributed by atoms with Crippen molar-refractivity contribution in [3.05, 3.63) is 101 Å². The van der Waals surface area contributed by atoms with Crippen molar-refractivity contribution in [1.29, 1.82) is 0 Å². The first-order valence-electron chi connectivity index (χ1n) is 8.20. The average Bonchev–Trinajstić information content (AvgIpc) is 2.75. The predicted molar refractivity (Wildman–Crippen MR) is 103 cm³/mol. The van der Waals surface area contributed by atoms with Gasteiger partial charge in [0.05, 0.1) is 0 Å². The quantitative estimate of drug-likeness (QED) is 0.525. The zero-order valence-corrected chi connectivity index (χ0v) is 14.1. The standard InChI is InChI=1S/C21H13N5O/c1-22-20-17(9-5-10-25-20)18-13-15(19-23-11-6-12-24-19)14-26(21(18)27)16-7-3-2-4-8-16/h2-14H. The number of hydrogen-bond acceptors (Lipinski definition) is 4. The first-order valence-corrected chi connectivity index (χ1v) is 8.20. The summed E-state index contributed by atoms with van der Waals surface area (Å²) >= 11 is 0. The van der Waals surface area contributed by atoms with Gasteiger partial charge in [0, 0.05) is 41.0 Å². The molecule has 0 fully saturated rings. The fourth-order valence-corrected chi connectivity index (χ4v) is 2.82. The van der Waals surface area contributed by atoms with Crippen LogP contribution in [0.5, 0.6) is 0 Å². The molecule has 0 aliphatic rings. The molecule has 128 valence electrons. The monoisotopic (exact) mass is 351 g/mol. The molecule has 6 nitrogen and oxygen atoms in total. The van der Waals surface area contributed by atoms with Gasteiger partial charge in [-0.2, -0.15) is 0 Å². The first-order chi connectivity index (χ1) is 13.3. The summed E-state index contributed by atoms with van der Waals surface area (Å²) in [6.45, 7) is 7.37. The van der Waals surface area contributed by atoms with Crippen LogP contribution in [0, 0.1) is 6.57 Å². The van der Waals surface area contributed by atoms with Crippen LogP contribution in [0.25, 0.3) is 33.0 Å². The Bertz CT molecular complexity index is 1190. The molecule has 3 aromatic heterocycles. The molecule has 0 atom stereocenters. The zero-order chi connectivity index (χ0) is 18.6. The van der Waals surface area contributed by atoms with Crippen molar-refractivity contribution in [3.8, 4) is 28.2 Å².